The normalized spacial score (nSPS) is 31.5. The highest BCUT2D eigenvalue weighted by atomic mass is 32.2. The largest absolute Gasteiger partial charge is 0.390 e. The standard InChI is InChI=1S/C6H11NO5S/c8-1-6(10)7-4-2-13(11,12)3-5(4)9/h4-5,8-9H,1-3H2,(H,7,10). The highest BCUT2D eigenvalue weighted by molar-refractivity contribution is 7.91. The van der Waals surface area contributed by atoms with Crippen LogP contribution in [0.15, 0.2) is 0 Å². The number of sulfone groups is 1. The number of carbonyl (C=O) groups is 1. The van der Waals surface area contributed by atoms with Gasteiger partial charge in [0.05, 0.1) is 23.7 Å². The Morgan fingerprint density at radius 3 is 2.46 bits per heavy atom. The van der Waals surface area contributed by atoms with Gasteiger partial charge in [-0.3, -0.25) is 4.79 Å². The van der Waals surface area contributed by atoms with E-state index < -0.39 is 34.5 Å². The number of nitrogens with one attached hydrogen (secondary N) is 1. The number of amides is 1. The third-order valence-electron chi connectivity index (χ3n) is 1.81. The average molecular weight is 209 g/mol. The van der Waals surface area contributed by atoms with Gasteiger partial charge in [0.25, 0.3) is 0 Å². The molecule has 1 saturated heterocycles. The van der Waals surface area contributed by atoms with Gasteiger partial charge in [0.2, 0.25) is 5.91 Å². The summed E-state index contributed by atoms with van der Waals surface area (Å²) in [5.41, 5.74) is 0. The van der Waals surface area contributed by atoms with Gasteiger partial charge in [-0.15, -0.1) is 0 Å². The Balaban J connectivity index is 2.59. The van der Waals surface area contributed by atoms with E-state index in [4.69, 9.17) is 5.11 Å². The maximum atomic E-state index is 10.9. The van der Waals surface area contributed by atoms with Gasteiger partial charge in [-0.25, -0.2) is 8.42 Å². The lowest BCUT2D eigenvalue weighted by Crippen LogP contribution is -2.43. The fourth-order valence-corrected chi connectivity index (χ4v) is 2.96. The summed E-state index contributed by atoms with van der Waals surface area (Å²) in [5.74, 6) is -1.27. The molecule has 7 heteroatoms. The summed E-state index contributed by atoms with van der Waals surface area (Å²) in [6, 6.07) is -0.787. The van der Waals surface area contributed by atoms with Gasteiger partial charge in [-0.1, -0.05) is 0 Å². The minimum atomic E-state index is -3.24. The molecule has 0 bridgehead atoms. The molecule has 2 atom stereocenters. The van der Waals surface area contributed by atoms with Crippen molar-refractivity contribution in [3.8, 4) is 0 Å². The van der Waals surface area contributed by atoms with E-state index >= 15 is 0 Å². The first-order valence-corrected chi connectivity index (χ1v) is 5.55. The number of rotatable bonds is 2. The molecule has 1 amide bonds. The fraction of sp³-hybridized carbons (Fsp3) is 0.833. The van der Waals surface area contributed by atoms with Gasteiger partial charge in [-0.05, 0) is 0 Å². The maximum Gasteiger partial charge on any atom is 0.246 e. The number of hydrogen-bond acceptors (Lipinski definition) is 5. The molecule has 1 rings (SSSR count). The summed E-state index contributed by atoms with van der Waals surface area (Å²) in [5, 5.41) is 19.8. The van der Waals surface area contributed by atoms with Crippen LogP contribution in [0.4, 0.5) is 0 Å². The molecule has 0 aliphatic carbocycles. The molecule has 3 N–H and O–H groups in total. The van der Waals surface area contributed by atoms with Crippen molar-refractivity contribution in [2.45, 2.75) is 12.1 Å². The molecule has 76 valence electrons. The minimum absolute atomic E-state index is 0.264. The van der Waals surface area contributed by atoms with Crippen molar-refractivity contribution < 1.29 is 23.4 Å². The van der Waals surface area contributed by atoms with Crippen LogP contribution < -0.4 is 5.32 Å². The zero-order chi connectivity index (χ0) is 10.1. The SMILES string of the molecule is O=C(CO)NC1CS(=O)(=O)CC1O. The van der Waals surface area contributed by atoms with Crippen molar-refractivity contribution in [2.24, 2.45) is 0 Å². The van der Waals surface area contributed by atoms with E-state index in [1.54, 1.807) is 0 Å². The first kappa shape index (κ1) is 10.4. The average Bonchev–Trinajstić information content (AvgIpc) is 2.24. The van der Waals surface area contributed by atoms with E-state index in [1.165, 1.54) is 0 Å². The number of aliphatic hydroxyl groups is 2. The van der Waals surface area contributed by atoms with Crippen molar-refractivity contribution >= 4 is 15.7 Å². The molecular formula is C6H11NO5S. The van der Waals surface area contributed by atoms with Crippen LogP contribution >= 0.6 is 0 Å². The maximum absolute atomic E-state index is 10.9. The third-order valence-corrected chi connectivity index (χ3v) is 3.53. The molecule has 1 aliphatic heterocycles. The molecule has 13 heavy (non-hydrogen) atoms. The fourth-order valence-electron chi connectivity index (χ4n) is 1.22. The second-order valence-corrected chi connectivity index (χ2v) is 5.13. The van der Waals surface area contributed by atoms with Crippen LogP contribution in [0, 0.1) is 0 Å². The Labute approximate surface area is 75.5 Å². The highest BCUT2D eigenvalue weighted by Gasteiger charge is 2.36. The van der Waals surface area contributed by atoms with E-state index in [2.05, 4.69) is 5.32 Å². The molecular weight excluding hydrogens is 198 g/mol. The van der Waals surface area contributed by atoms with Crippen molar-refractivity contribution in [3.05, 3.63) is 0 Å². The van der Waals surface area contributed by atoms with E-state index in [0.29, 0.717) is 0 Å². The summed E-state index contributed by atoms with van der Waals surface area (Å²) < 4.78 is 21.9. The topological polar surface area (TPSA) is 104 Å². The van der Waals surface area contributed by atoms with Gasteiger partial charge in [0.1, 0.15) is 6.61 Å². The van der Waals surface area contributed by atoms with Crippen LogP contribution in [0.2, 0.25) is 0 Å². The summed E-state index contributed by atoms with van der Waals surface area (Å²) in [6.07, 6.45) is -1.07. The Morgan fingerprint density at radius 1 is 1.46 bits per heavy atom. The van der Waals surface area contributed by atoms with Crippen molar-refractivity contribution in [1.29, 1.82) is 0 Å². The summed E-state index contributed by atoms with van der Waals surface area (Å²) in [7, 11) is -3.24. The second-order valence-electron chi connectivity index (χ2n) is 2.98. The van der Waals surface area contributed by atoms with Gasteiger partial charge >= 0.3 is 0 Å². The molecule has 0 aromatic rings. The number of carbonyl (C=O) groups excluding carboxylic acids is 1. The van der Waals surface area contributed by atoms with Gasteiger partial charge < -0.3 is 15.5 Å². The smallest absolute Gasteiger partial charge is 0.246 e. The third kappa shape index (κ3) is 2.64. The lowest BCUT2D eigenvalue weighted by Gasteiger charge is -2.13. The van der Waals surface area contributed by atoms with Crippen LogP contribution in [0.1, 0.15) is 0 Å². The molecule has 0 spiro atoms. The van der Waals surface area contributed by atoms with Crippen molar-refractivity contribution in [2.75, 3.05) is 18.1 Å². The first-order chi connectivity index (χ1) is 5.94. The summed E-state index contributed by atoms with van der Waals surface area (Å²) >= 11 is 0. The summed E-state index contributed by atoms with van der Waals surface area (Å²) in [6.45, 7) is -0.705. The van der Waals surface area contributed by atoms with E-state index in [-0.39, 0.29) is 11.5 Å². The van der Waals surface area contributed by atoms with Crippen molar-refractivity contribution in [3.63, 3.8) is 0 Å². The molecule has 1 aliphatic rings. The van der Waals surface area contributed by atoms with Gasteiger partial charge in [0, 0.05) is 0 Å². The van der Waals surface area contributed by atoms with Crippen LogP contribution in [0.3, 0.4) is 0 Å². The number of hydrogen-bond donors (Lipinski definition) is 3. The van der Waals surface area contributed by atoms with E-state index in [0.717, 1.165) is 0 Å². The first-order valence-electron chi connectivity index (χ1n) is 3.73. The minimum Gasteiger partial charge on any atom is -0.390 e. The highest BCUT2D eigenvalue weighted by Crippen LogP contribution is 2.11. The van der Waals surface area contributed by atoms with Crippen LogP contribution in [-0.2, 0) is 14.6 Å². The Kier molecular flexibility index (Phi) is 2.89. The predicted octanol–water partition coefficient (Wildman–Crippen LogP) is -2.75. The van der Waals surface area contributed by atoms with Gasteiger partial charge in [-0.2, -0.15) is 0 Å². The molecule has 0 saturated carbocycles. The molecule has 1 heterocycles. The Morgan fingerprint density at radius 2 is 2.08 bits per heavy atom. The predicted molar refractivity (Wildman–Crippen MR) is 43.7 cm³/mol. The summed E-state index contributed by atoms with van der Waals surface area (Å²) in [4.78, 5) is 10.7. The van der Waals surface area contributed by atoms with Crippen LogP contribution in [0.5, 0.6) is 0 Å². The molecule has 0 radical (unpaired) electrons. The van der Waals surface area contributed by atoms with Crippen LogP contribution in [-0.4, -0.2) is 54.8 Å². The molecule has 0 aromatic heterocycles. The molecule has 1 fully saturated rings. The second kappa shape index (κ2) is 3.60. The van der Waals surface area contributed by atoms with Gasteiger partial charge in [0.15, 0.2) is 9.84 Å². The van der Waals surface area contributed by atoms with Crippen molar-refractivity contribution in [1.82, 2.24) is 5.32 Å². The number of aliphatic hydroxyl groups excluding tert-OH is 2. The monoisotopic (exact) mass is 209 g/mol. The zero-order valence-corrected chi connectivity index (χ0v) is 7.62. The Bertz CT molecular complexity index is 298. The lowest BCUT2D eigenvalue weighted by atomic mass is 10.2. The van der Waals surface area contributed by atoms with Crippen LogP contribution in [0.25, 0.3) is 0 Å². The van der Waals surface area contributed by atoms with E-state index in [1.807, 2.05) is 0 Å². The molecule has 0 aromatic carbocycles. The Hall–Kier alpha value is -0.660. The molecule has 6 nitrogen and oxygen atoms in total. The van der Waals surface area contributed by atoms with E-state index in [9.17, 15) is 18.3 Å². The zero-order valence-electron chi connectivity index (χ0n) is 6.80. The molecule has 2 unspecified atom stereocenters. The lowest BCUT2D eigenvalue weighted by molar-refractivity contribution is -0.125. The quantitative estimate of drug-likeness (QED) is 0.457.